The standard InChI is InChI=1S/C14H16FN7O/c15-10-3-4-11-12(8-10)19-13(18-11)5-6-16-14(23)2-1-7-22-9-17-20-21-22/h3-4,8-9H,1-2,5-7H2,(H,16,23)(H,18,19). The number of rotatable bonds is 7. The minimum Gasteiger partial charge on any atom is -0.356 e. The highest BCUT2D eigenvalue weighted by Gasteiger charge is 2.05. The highest BCUT2D eigenvalue weighted by atomic mass is 19.1. The van der Waals surface area contributed by atoms with Gasteiger partial charge >= 0.3 is 0 Å². The molecule has 0 aliphatic carbocycles. The highest BCUT2D eigenvalue weighted by Crippen LogP contribution is 2.12. The van der Waals surface area contributed by atoms with E-state index < -0.39 is 0 Å². The summed E-state index contributed by atoms with van der Waals surface area (Å²) in [7, 11) is 0. The van der Waals surface area contributed by atoms with Gasteiger partial charge in [0.1, 0.15) is 18.0 Å². The molecule has 2 aromatic heterocycles. The zero-order chi connectivity index (χ0) is 16.1. The maximum Gasteiger partial charge on any atom is 0.220 e. The Hall–Kier alpha value is -2.84. The van der Waals surface area contributed by atoms with Gasteiger partial charge in [0.25, 0.3) is 0 Å². The summed E-state index contributed by atoms with van der Waals surface area (Å²) in [5, 5.41) is 13.6. The first kappa shape index (κ1) is 15.1. The lowest BCUT2D eigenvalue weighted by Gasteiger charge is -2.03. The average Bonchev–Trinajstić information content (AvgIpc) is 3.16. The van der Waals surface area contributed by atoms with Crippen LogP contribution in [0.2, 0.25) is 0 Å². The summed E-state index contributed by atoms with van der Waals surface area (Å²) in [6, 6.07) is 4.41. The Balaban J connectivity index is 1.40. The Morgan fingerprint density at radius 2 is 2.30 bits per heavy atom. The largest absolute Gasteiger partial charge is 0.356 e. The molecule has 0 spiro atoms. The van der Waals surface area contributed by atoms with Crippen LogP contribution in [0, 0.1) is 5.82 Å². The van der Waals surface area contributed by atoms with E-state index in [0.717, 1.165) is 5.82 Å². The van der Waals surface area contributed by atoms with Crippen molar-refractivity contribution in [1.29, 1.82) is 0 Å². The summed E-state index contributed by atoms with van der Waals surface area (Å²) >= 11 is 0. The van der Waals surface area contributed by atoms with Crippen LogP contribution in [0.25, 0.3) is 11.0 Å². The van der Waals surface area contributed by atoms with Crippen molar-refractivity contribution in [2.24, 2.45) is 0 Å². The number of carbonyl (C=O) groups is 1. The molecule has 3 rings (SSSR count). The van der Waals surface area contributed by atoms with E-state index in [2.05, 4.69) is 30.8 Å². The maximum atomic E-state index is 13.1. The van der Waals surface area contributed by atoms with Gasteiger partial charge in [-0.05, 0) is 35.0 Å². The van der Waals surface area contributed by atoms with Crippen LogP contribution < -0.4 is 5.32 Å². The Bertz CT molecular complexity index is 784. The number of hydrogen-bond acceptors (Lipinski definition) is 5. The van der Waals surface area contributed by atoms with Crippen molar-refractivity contribution in [3.05, 3.63) is 36.2 Å². The second kappa shape index (κ2) is 6.95. The molecule has 120 valence electrons. The number of hydrogen-bond donors (Lipinski definition) is 2. The van der Waals surface area contributed by atoms with Gasteiger partial charge < -0.3 is 10.3 Å². The minimum absolute atomic E-state index is 0.0276. The Morgan fingerprint density at radius 1 is 1.39 bits per heavy atom. The Labute approximate surface area is 131 Å². The average molecular weight is 317 g/mol. The van der Waals surface area contributed by atoms with Crippen LogP contribution in [0.15, 0.2) is 24.5 Å². The molecule has 0 saturated carbocycles. The molecule has 0 aliphatic heterocycles. The molecule has 1 aromatic carbocycles. The summed E-state index contributed by atoms with van der Waals surface area (Å²) in [5.74, 6) is 0.392. The van der Waals surface area contributed by atoms with Gasteiger partial charge in [0.15, 0.2) is 0 Å². The lowest BCUT2D eigenvalue weighted by Crippen LogP contribution is -2.26. The number of aromatic amines is 1. The predicted octanol–water partition coefficient (Wildman–Crippen LogP) is 0.828. The number of imidazole rings is 1. The number of H-pyrrole nitrogens is 1. The number of nitrogens with one attached hydrogen (secondary N) is 2. The highest BCUT2D eigenvalue weighted by molar-refractivity contribution is 5.76. The number of benzene rings is 1. The van der Waals surface area contributed by atoms with Crippen molar-refractivity contribution < 1.29 is 9.18 Å². The van der Waals surface area contributed by atoms with E-state index in [1.165, 1.54) is 18.5 Å². The molecule has 0 fully saturated rings. The van der Waals surface area contributed by atoms with Crippen molar-refractivity contribution in [3.63, 3.8) is 0 Å². The molecule has 0 bridgehead atoms. The summed E-state index contributed by atoms with van der Waals surface area (Å²) in [5.41, 5.74) is 1.38. The lowest BCUT2D eigenvalue weighted by molar-refractivity contribution is -0.121. The molecule has 0 saturated heterocycles. The molecular formula is C14H16FN7O. The third kappa shape index (κ3) is 4.09. The first-order valence-electron chi connectivity index (χ1n) is 7.32. The van der Waals surface area contributed by atoms with E-state index in [4.69, 9.17) is 0 Å². The summed E-state index contributed by atoms with van der Waals surface area (Å²) < 4.78 is 14.7. The molecule has 0 atom stereocenters. The van der Waals surface area contributed by atoms with Gasteiger partial charge in [-0.25, -0.2) is 14.1 Å². The second-order valence-electron chi connectivity index (χ2n) is 5.12. The molecule has 9 heteroatoms. The van der Waals surface area contributed by atoms with Gasteiger partial charge in [-0.15, -0.1) is 5.10 Å². The Morgan fingerprint density at radius 3 is 3.13 bits per heavy atom. The molecular weight excluding hydrogens is 301 g/mol. The number of halogens is 1. The van der Waals surface area contributed by atoms with Gasteiger partial charge in [0.05, 0.1) is 11.0 Å². The quantitative estimate of drug-likeness (QED) is 0.672. The number of amides is 1. The fourth-order valence-corrected chi connectivity index (χ4v) is 2.25. The van der Waals surface area contributed by atoms with Crippen LogP contribution in [-0.4, -0.2) is 42.6 Å². The molecule has 23 heavy (non-hydrogen) atoms. The second-order valence-corrected chi connectivity index (χ2v) is 5.12. The molecule has 0 radical (unpaired) electrons. The zero-order valence-corrected chi connectivity index (χ0v) is 12.4. The van der Waals surface area contributed by atoms with Crippen LogP contribution in [-0.2, 0) is 17.8 Å². The normalized spacial score (nSPS) is 11.0. The minimum atomic E-state index is -0.302. The molecule has 8 nitrogen and oxygen atoms in total. The van der Waals surface area contributed by atoms with Crippen molar-refractivity contribution in [1.82, 2.24) is 35.5 Å². The van der Waals surface area contributed by atoms with Gasteiger partial charge in [-0.1, -0.05) is 0 Å². The first-order chi connectivity index (χ1) is 11.2. The third-order valence-corrected chi connectivity index (χ3v) is 3.36. The monoisotopic (exact) mass is 317 g/mol. The SMILES string of the molecule is O=C(CCCn1cnnn1)NCCc1nc2ccc(F)cc2[nH]1. The van der Waals surface area contributed by atoms with Crippen LogP contribution in [0.3, 0.4) is 0 Å². The fourth-order valence-electron chi connectivity index (χ4n) is 2.25. The van der Waals surface area contributed by atoms with Gasteiger partial charge in [-0.3, -0.25) is 4.79 Å². The first-order valence-corrected chi connectivity index (χ1v) is 7.32. The zero-order valence-electron chi connectivity index (χ0n) is 12.4. The number of nitrogens with zero attached hydrogens (tertiary/aromatic N) is 5. The smallest absolute Gasteiger partial charge is 0.220 e. The third-order valence-electron chi connectivity index (χ3n) is 3.36. The van der Waals surface area contributed by atoms with Gasteiger partial charge in [0.2, 0.25) is 5.91 Å². The Kier molecular flexibility index (Phi) is 4.55. The van der Waals surface area contributed by atoms with Crippen LogP contribution in [0.1, 0.15) is 18.7 Å². The van der Waals surface area contributed by atoms with Crippen LogP contribution in [0.5, 0.6) is 0 Å². The van der Waals surface area contributed by atoms with Crippen molar-refractivity contribution in [2.75, 3.05) is 6.54 Å². The summed E-state index contributed by atoms with van der Waals surface area (Å²) in [4.78, 5) is 19.1. The van der Waals surface area contributed by atoms with E-state index in [9.17, 15) is 9.18 Å². The van der Waals surface area contributed by atoms with Crippen molar-refractivity contribution >= 4 is 16.9 Å². The fraction of sp³-hybridized carbons (Fsp3) is 0.357. The topological polar surface area (TPSA) is 101 Å². The van der Waals surface area contributed by atoms with E-state index in [0.29, 0.717) is 43.4 Å². The van der Waals surface area contributed by atoms with Gasteiger partial charge in [0, 0.05) is 25.9 Å². The van der Waals surface area contributed by atoms with Crippen molar-refractivity contribution in [2.45, 2.75) is 25.8 Å². The maximum absolute atomic E-state index is 13.1. The number of aryl methyl sites for hydroxylation is 1. The predicted molar refractivity (Wildman–Crippen MR) is 79.8 cm³/mol. The molecule has 0 unspecified atom stereocenters. The number of tetrazole rings is 1. The molecule has 0 aliphatic rings. The van der Waals surface area contributed by atoms with Crippen LogP contribution >= 0.6 is 0 Å². The molecule has 2 heterocycles. The van der Waals surface area contributed by atoms with E-state index >= 15 is 0 Å². The number of aromatic nitrogens is 6. The molecule has 1 amide bonds. The number of fused-ring (bicyclic) bond motifs is 1. The molecule has 2 N–H and O–H groups in total. The van der Waals surface area contributed by atoms with Crippen LogP contribution in [0.4, 0.5) is 4.39 Å². The van der Waals surface area contributed by atoms with E-state index in [1.807, 2.05) is 0 Å². The molecule has 3 aromatic rings. The van der Waals surface area contributed by atoms with E-state index in [-0.39, 0.29) is 11.7 Å². The lowest BCUT2D eigenvalue weighted by atomic mass is 10.3. The summed E-state index contributed by atoms with van der Waals surface area (Å²) in [6.45, 7) is 1.08. The van der Waals surface area contributed by atoms with E-state index in [1.54, 1.807) is 10.7 Å². The van der Waals surface area contributed by atoms with Gasteiger partial charge in [-0.2, -0.15) is 0 Å². The van der Waals surface area contributed by atoms with Crippen molar-refractivity contribution in [3.8, 4) is 0 Å². The summed E-state index contributed by atoms with van der Waals surface area (Å²) in [6.07, 6.45) is 3.16. The number of carbonyl (C=O) groups excluding carboxylic acids is 1.